The highest BCUT2D eigenvalue weighted by Gasteiger charge is 2.00. The molecule has 0 aliphatic rings. The Balaban J connectivity index is 1.41. The number of nitrogens with two attached hydrogens (primary N) is 1. The van der Waals surface area contributed by atoms with Gasteiger partial charge in [0, 0.05) is 25.1 Å². The smallest absolute Gasteiger partial charge is 0.123 e. The molecule has 0 aliphatic heterocycles. The number of nitrogens with zero attached hydrogens (tertiary/aromatic N) is 3. The number of aryl methyl sites for hydroxylation is 1. The molecule has 0 radical (unpaired) electrons. The third kappa shape index (κ3) is 4.60. The lowest BCUT2D eigenvalue weighted by Gasteiger charge is -2.06. The zero-order valence-corrected chi connectivity index (χ0v) is 13.5. The summed E-state index contributed by atoms with van der Waals surface area (Å²) in [4.78, 5) is 12.9. The van der Waals surface area contributed by atoms with Crippen molar-refractivity contribution in [2.45, 2.75) is 19.4 Å². The standard InChI is InChI=1S/C19H21N5/c20-19-9-7-15(13-24-19)4-3-10-21-12-16-6-8-18(23-14-16)17-5-1-2-11-22-17/h1-2,5-9,11,13-14,21H,3-4,10,12H2,(H2,20,24). The summed E-state index contributed by atoms with van der Waals surface area (Å²) < 4.78 is 0. The van der Waals surface area contributed by atoms with Crippen LogP contribution in [-0.2, 0) is 13.0 Å². The van der Waals surface area contributed by atoms with Crippen LogP contribution in [-0.4, -0.2) is 21.5 Å². The number of rotatable bonds is 7. The molecule has 3 aromatic heterocycles. The van der Waals surface area contributed by atoms with Crippen molar-refractivity contribution in [1.82, 2.24) is 20.3 Å². The Kier molecular flexibility index (Phi) is 5.48. The van der Waals surface area contributed by atoms with Gasteiger partial charge in [0.1, 0.15) is 5.82 Å². The second-order valence-corrected chi connectivity index (χ2v) is 5.64. The van der Waals surface area contributed by atoms with Crippen LogP contribution >= 0.6 is 0 Å². The monoisotopic (exact) mass is 319 g/mol. The fourth-order valence-corrected chi connectivity index (χ4v) is 2.43. The summed E-state index contributed by atoms with van der Waals surface area (Å²) in [6.45, 7) is 1.77. The van der Waals surface area contributed by atoms with Gasteiger partial charge in [-0.3, -0.25) is 9.97 Å². The van der Waals surface area contributed by atoms with Crippen LogP contribution in [0.5, 0.6) is 0 Å². The fraction of sp³-hybridized carbons (Fsp3) is 0.211. The van der Waals surface area contributed by atoms with Gasteiger partial charge >= 0.3 is 0 Å². The predicted molar refractivity (Wildman–Crippen MR) is 96.1 cm³/mol. The van der Waals surface area contributed by atoms with Crippen LogP contribution in [0.3, 0.4) is 0 Å². The first-order chi connectivity index (χ1) is 11.8. The van der Waals surface area contributed by atoms with Crippen LogP contribution in [0.2, 0.25) is 0 Å². The number of aromatic nitrogens is 3. The van der Waals surface area contributed by atoms with E-state index in [1.54, 1.807) is 6.20 Å². The second-order valence-electron chi connectivity index (χ2n) is 5.64. The maximum Gasteiger partial charge on any atom is 0.123 e. The van der Waals surface area contributed by atoms with Gasteiger partial charge in [-0.2, -0.15) is 0 Å². The van der Waals surface area contributed by atoms with Crippen LogP contribution < -0.4 is 11.1 Å². The first-order valence-corrected chi connectivity index (χ1v) is 8.09. The van der Waals surface area contributed by atoms with Crippen molar-refractivity contribution < 1.29 is 0 Å². The molecule has 0 unspecified atom stereocenters. The van der Waals surface area contributed by atoms with Gasteiger partial charge in [-0.1, -0.05) is 18.2 Å². The molecule has 0 fully saturated rings. The van der Waals surface area contributed by atoms with E-state index in [9.17, 15) is 0 Å². The number of hydrogen-bond donors (Lipinski definition) is 2. The summed E-state index contributed by atoms with van der Waals surface area (Å²) in [5.74, 6) is 0.568. The molecule has 3 rings (SSSR count). The average molecular weight is 319 g/mol. The van der Waals surface area contributed by atoms with Gasteiger partial charge < -0.3 is 11.1 Å². The zero-order valence-electron chi connectivity index (χ0n) is 13.5. The quantitative estimate of drug-likeness (QED) is 0.655. The highest BCUT2D eigenvalue weighted by Crippen LogP contribution is 2.13. The molecule has 5 heteroatoms. The molecule has 0 saturated heterocycles. The van der Waals surface area contributed by atoms with Crippen molar-refractivity contribution >= 4 is 5.82 Å². The Morgan fingerprint density at radius 3 is 2.38 bits per heavy atom. The molecule has 122 valence electrons. The lowest BCUT2D eigenvalue weighted by molar-refractivity contribution is 0.648. The van der Waals surface area contributed by atoms with E-state index >= 15 is 0 Å². The molecule has 24 heavy (non-hydrogen) atoms. The first-order valence-electron chi connectivity index (χ1n) is 8.09. The van der Waals surface area contributed by atoms with Gasteiger partial charge in [-0.05, 0) is 54.8 Å². The molecule has 0 spiro atoms. The minimum atomic E-state index is 0.568. The Morgan fingerprint density at radius 1 is 0.833 bits per heavy atom. The van der Waals surface area contributed by atoms with E-state index < -0.39 is 0 Å². The molecule has 0 bridgehead atoms. The minimum absolute atomic E-state index is 0.568. The Morgan fingerprint density at radius 2 is 1.67 bits per heavy atom. The van der Waals surface area contributed by atoms with E-state index in [0.29, 0.717) is 5.82 Å². The largest absolute Gasteiger partial charge is 0.384 e. The molecule has 5 nitrogen and oxygen atoms in total. The van der Waals surface area contributed by atoms with Gasteiger partial charge in [-0.25, -0.2) is 4.98 Å². The fourth-order valence-electron chi connectivity index (χ4n) is 2.43. The highest BCUT2D eigenvalue weighted by molar-refractivity contribution is 5.53. The molecular formula is C19H21N5. The Bertz CT molecular complexity index is 739. The van der Waals surface area contributed by atoms with Crippen molar-refractivity contribution in [1.29, 1.82) is 0 Å². The van der Waals surface area contributed by atoms with Crippen LogP contribution in [0.4, 0.5) is 5.82 Å². The van der Waals surface area contributed by atoms with Crippen molar-refractivity contribution in [3.8, 4) is 11.4 Å². The van der Waals surface area contributed by atoms with E-state index in [0.717, 1.165) is 37.3 Å². The average Bonchev–Trinajstić information content (AvgIpc) is 2.64. The molecule has 0 saturated carbocycles. The molecule has 0 aliphatic carbocycles. The minimum Gasteiger partial charge on any atom is -0.384 e. The summed E-state index contributed by atoms with van der Waals surface area (Å²) >= 11 is 0. The third-order valence-corrected chi connectivity index (χ3v) is 3.75. The topological polar surface area (TPSA) is 76.7 Å². The molecule has 0 aromatic carbocycles. The molecule has 3 heterocycles. The van der Waals surface area contributed by atoms with Crippen molar-refractivity contribution in [3.63, 3.8) is 0 Å². The first kappa shape index (κ1) is 16.1. The number of nitrogen functional groups attached to an aromatic ring is 1. The summed E-state index contributed by atoms with van der Waals surface area (Å²) in [5.41, 5.74) is 9.76. The molecule has 3 aromatic rings. The summed E-state index contributed by atoms with van der Waals surface area (Å²) in [5, 5.41) is 3.44. The van der Waals surface area contributed by atoms with Crippen LogP contribution in [0.25, 0.3) is 11.4 Å². The zero-order chi connectivity index (χ0) is 16.6. The van der Waals surface area contributed by atoms with Crippen LogP contribution in [0.1, 0.15) is 17.5 Å². The lowest BCUT2D eigenvalue weighted by Crippen LogP contribution is -2.15. The van der Waals surface area contributed by atoms with E-state index in [2.05, 4.69) is 26.3 Å². The van der Waals surface area contributed by atoms with Crippen LogP contribution in [0, 0.1) is 0 Å². The van der Waals surface area contributed by atoms with E-state index in [-0.39, 0.29) is 0 Å². The van der Waals surface area contributed by atoms with E-state index in [1.165, 1.54) is 11.1 Å². The number of pyridine rings is 3. The Labute approximate surface area is 142 Å². The lowest BCUT2D eigenvalue weighted by atomic mass is 10.1. The van der Waals surface area contributed by atoms with Gasteiger partial charge in [0.15, 0.2) is 0 Å². The summed E-state index contributed by atoms with van der Waals surface area (Å²) in [7, 11) is 0. The number of nitrogens with one attached hydrogen (secondary N) is 1. The van der Waals surface area contributed by atoms with E-state index in [4.69, 9.17) is 5.73 Å². The summed E-state index contributed by atoms with van der Waals surface area (Å²) in [6, 6.07) is 13.8. The maximum absolute atomic E-state index is 5.58. The van der Waals surface area contributed by atoms with Gasteiger partial charge in [0.25, 0.3) is 0 Å². The SMILES string of the molecule is Nc1ccc(CCCNCc2ccc(-c3ccccn3)nc2)cn1. The second kappa shape index (κ2) is 8.17. The third-order valence-electron chi connectivity index (χ3n) is 3.75. The van der Waals surface area contributed by atoms with Gasteiger partial charge in [0.2, 0.25) is 0 Å². The molecule has 0 atom stereocenters. The highest BCUT2D eigenvalue weighted by atomic mass is 14.9. The summed E-state index contributed by atoms with van der Waals surface area (Å²) in [6.07, 6.45) is 7.59. The van der Waals surface area contributed by atoms with Gasteiger partial charge in [-0.15, -0.1) is 0 Å². The molecular weight excluding hydrogens is 298 g/mol. The van der Waals surface area contributed by atoms with Gasteiger partial charge in [0.05, 0.1) is 11.4 Å². The van der Waals surface area contributed by atoms with Crippen molar-refractivity contribution in [2.24, 2.45) is 0 Å². The normalized spacial score (nSPS) is 10.7. The van der Waals surface area contributed by atoms with Crippen molar-refractivity contribution in [3.05, 3.63) is 72.2 Å². The predicted octanol–water partition coefficient (Wildman–Crippen LogP) is 2.84. The van der Waals surface area contributed by atoms with E-state index in [1.807, 2.05) is 48.8 Å². The number of hydrogen-bond acceptors (Lipinski definition) is 5. The number of anilines is 1. The maximum atomic E-state index is 5.58. The van der Waals surface area contributed by atoms with Crippen molar-refractivity contribution in [2.75, 3.05) is 12.3 Å². The molecule has 0 amide bonds. The molecule has 3 N–H and O–H groups in total. The Hall–Kier alpha value is -2.79. The van der Waals surface area contributed by atoms with Crippen LogP contribution in [0.15, 0.2) is 61.1 Å².